The molecule has 1 N–H and O–H groups in total. The van der Waals surface area contributed by atoms with E-state index < -0.39 is 10.7 Å². The van der Waals surface area contributed by atoms with Crippen LogP contribution < -0.4 is 4.74 Å². The molecule has 0 atom stereocenters. The van der Waals surface area contributed by atoms with Gasteiger partial charge in [0.25, 0.3) is 0 Å². The van der Waals surface area contributed by atoms with Crippen LogP contribution in [0.4, 0.5) is 10.1 Å². The fourth-order valence-corrected chi connectivity index (χ4v) is 1.94. The van der Waals surface area contributed by atoms with Crippen molar-refractivity contribution >= 4 is 5.69 Å². The van der Waals surface area contributed by atoms with E-state index >= 15 is 0 Å². The summed E-state index contributed by atoms with van der Waals surface area (Å²) in [7, 11) is 1.26. The normalized spacial score (nSPS) is 10.3. The summed E-state index contributed by atoms with van der Waals surface area (Å²) < 4.78 is 19.0. The molecule has 0 radical (unpaired) electrons. The number of methoxy groups -OCH3 is 1. The van der Waals surface area contributed by atoms with Gasteiger partial charge in [0.05, 0.1) is 24.2 Å². The first-order valence-electron chi connectivity index (χ1n) is 5.79. The summed E-state index contributed by atoms with van der Waals surface area (Å²) >= 11 is 0. The number of halogens is 1. The maximum atomic E-state index is 14.0. The van der Waals surface area contributed by atoms with Crippen LogP contribution in [0.2, 0.25) is 0 Å². The van der Waals surface area contributed by atoms with Crippen molar-refractivity contribution in [2.75, 3.05) is 7.11 Å². The van der Waals surface area contributed by atoms with E-state index in [1.165, 1.54) is 7.11 Å². The van der Waals surface area contributed by atoms with Gasteiger partial charge in [0.1, 0.15) is 5.82 Å². The van der Waals surface area contributed by atoms with Crippen molar-refractivity contribution in [2.45, 2.75) is 6.61 Å². The number of aliphatic hydroxyl groups excluding tert-OH is 1. The van der Waals surface area contributed by atoms with E-state index in [0.29, 0.717) is 11.1 Å². The molecule has 0 bridgehead atoms. The summed E-state index contributed by atoms with van der Waals surface area (Å²) in [5, 5.41) is 19.9. The Morgan fingerprint density at radius 2 is 1.90 bits per heavy atom. The molecule has 0 spiro atoms. The SMILES string of the molecule is COc1c([N+](=O)[O-])ccc(F)c1-c1ccc(CO)cc1. The molecule has 2 rings (SSSR count). The molecule has 6 heteroatoms. The fraction of sp³-hybridized carbons (Fsp3) is 0.143. The Balaban J connectivity index is 2.64. The fourth-order valence-electron chi connectivity index (χ4n) is 1.94. The Morgan fingerprint density at radius 3 is 2.40 bits per heavy atom. The summed E-state index contributed by atoms with van der Waals surface area (Å²) in [5.74, 6) is -0.726. The third-order valence-corrected chi connectivity index (χ3v) is 2.91. The quantitative estimate of drug-likeness (QED) is 0.689. The summed E-state index contributed by atoms with van der Waals surface area (Å²) in [4.78, 5) is 10.3. The van der Waals surface area contributed by atoms with E-state index in [2.05, 4.69) is 0 Å². The van der Waals surface area contributed by atoms with E-state index in [1.807, 2.05) is 0 Å². The summed E-state index contributed by atoms with van der Waals surface area (Å²) in [6.07, 6.45) is 0. The molecule has 2 aromatic carbocycles. The number of aliphatic hydroxyl groups is 1. The molecular formula is C14H12FNO4. The van der Waals surface area contributed by atoms with E-state index in [4.69, 9.17) is 9.84 Å². The Hall–Kier alpha value is -2.47. The maximum Gasteiger partial charge on any atom is 0.311 e. The number of ether oxygens (including phenoxy) is 1. The monoisotopic (exact) mass is 277 g/mol. The lowest BCUT2D eigenvalue weighted by Gasteiger charge is -2.10. The lowest BCUT2D eigenvalue weighted by atomic mass is 10.0. The smallest absolute Gasteiger partial charge is 0.311 e. The van der Waals surface area contributed by atoms with Gasteiger partial charge in [-0.1, -0.05) is 24.3 Å². The van der Waals surface area contributed by atoms with Crippen LogP contribution in [0.3, 0.4) is 0 Å². The molecule has 0 amide bonds. The van der Waals surface area contributed by atoms with Gasteiger partial charge in [-0.05, 0) is 17.2 Å². The molecule has 0 aromatic heterocycles. The maximum absolute atomic E-state index is 14.0. The molecule has 2 aromatic rings. The van der Waals surface area contributed by atoms with Crippen molar-refractivity contribution in [1.29, 1.82) is 0 Å². The standard InChI is InChI=1S/C14H12FNO4/c1-20-14-12(16(18)19)7-6-11(15)13(14)10-4-2-9(8-17)3-5-10/h2-7,17H,8H2,1H3. The van der Waals surface area contributed by atoms with Crippen LogP contribution in [0.1, 0.15) is 5.56 Å². The number of rotatable bonds is 4. The average Bonchev–Trinajstić information content (AvgIpc) is 2.46. The Morgan fingerprint density at radius 1 is 1.25 bits per heavy atom. The van der Waals surface area contributed by atoms with Gasteiger partial charge in [-0.15, -0.1) is 0 Å². The molecular weight excluding hydrogens is 265 g/mol. The molecule has 5 nitrogen and oxygen atoms in total. The molecule has 20 heavy (non-hydrogen) atoms. The van der Waals surface area contributed by atoms with Gasteiger partial charge in [0, 0.05) is 6.07 Å². The molecule has 104 valence electrons. The third kappa shape index (κ3) is 2.46. The first-order chi connectivity index (χ1) is 9.58. The molecule has 0 aliphatic carbocycles. The molecule has 0 aliphatic rings. The molecule has 0 fully saturated rings. The molecule has 0 unspecified atom stereocenters. The van der Waals surface area contributed by atoms with E-state index in [9.17, 15) is 14.5 Å². The van der Waals surface area contributed by atoms with E-state index in [0.717, 1.165) is 12.1 Å². The zero-order valence-electron chi connectivity index (χ0n) is 10.7. The number of nitrogens with zero attached hydrogens (tertiary/aromatic N) is 1. The number of nitro benzene ring substituents is 1. The minimum Gasteiger partial charge on any atom is -0.490 e. The van der Waals surface area contributed by atoms with Crippen LogP contribution >= 0.6 is 0 Å². The first-order valence-corrected chi connectivity index (χ1v) is 5.79. The molecule has 0 saturated heterocycles. The van der Waals surface area contributed by atoms with Gasteiger partial charge in [-0.25, -0.2) is 4.39 Å². The third-order valence-electron chi connectivity index (χ3n) is 2.91. The minimum absolute atomic E-state index is 0.0335. The van der Waals surface area contributed by atoms with Crippen molar-refractivity contribution in [1.82, 2.24) is 0 Å². The van der Waals surface area contributed by atoms with Crippen molar-refractivity contribution in [3.63, 3.8) is 0 Å². The van der Waals surface area contributed by atoms with E-state index in [1.54, 1.807) is 24.3 Å². The highest BCUT2D eigenvalue weighted by Crippen LogP contribution is 2.39. The zero-order chi connectivity index (χ0) is 14.7. The zero-order valence-corrected chi connectivity index (χ0v) is 10.7. The summed E-state index contributed by atoms with van der Waals surface area (Å²) in [6, 6.07) is 8.50. The van der Waals surface area contributed by atoms with Gasteiger partial charge in [-0.2, -0.15) is 0 Å². The van der Waals surface area contributed by atoms with Gasteiger partial charge < -0.3 is 9.84 Å². The summed E-state index contributed by atoms with van der Waals surface area (Å²) in [6.45, 7) is -0.130. The highest BCUT2D eigenvalue weighted by molar-refractivity contribution is 5.76. The van der Waals surface area contributed by atoms with Crippen LogP contribution in [-0.2, 0) is 6.61 Å². The van der Waals surface area contributed by atoms with Gasteiger partial charge in [0.2, 0.25) is 5.75 Å². The number of nitro groups is 1. The second-order valence-electron chi connectivity index (χ2n) is 4.09. The Labute approximate surface area is 114 Å². The van der Waals surface area contributed by atoms with Crippen LogP contribution in [0.15, 0.2) is 36.4 Å². The van der Waals surface area contributed by atoms with E-state index in [-0.39, 0.29) is 23.6 Å². The van der Waals surface area contributed by atoms with Crippen LogP contribution in [0.25, 0.3) is 11.1 Å². The van der Waals surface area contributed by atoms with Crippen LogP contribution in [0, 0.1) is 15.9 Å². The number of hydrogen-bond acceptors (Lipinski definition) is 4. The second-order valence-corrected chi connectivity index (χ2v) is 4.09. The lowest BCUT2D eigenvalue weighted by molar-refractivity contribution is -0.385. The highest BCUT2D eigenvalue weighted by atomic mass is 19.1. The molecule has 0 saturated carbocycles. The predicted molar refractivity (Wildman–Crippen MR) is 71.0 cm³/mol. The first kappa shape index (κ1) is 14.0. The lowest BCUT2D eigenvalue weighted by Crippen LogP contribution is -1.98. The average molecular weight is 277 g/mol. The minimum atomic E-state index is -0.621. The summed E-state index contributed by atoms with van der Waals surface area (Å²) in [5.41, 5.74) is 0.847. The molecule has 0 aliphatic heterocycles. The topological polar surface area (TPSA) is 72.6 Å². The highest BCUT2D eigenvalue weighted by Gasteiger charge is 2.23. The van der Waals surface area contributed by atoms with Crippen LogP contribution in [0.5, 0.6) is 5.75 Å². The van der Waals surface area contributed by atoms with Gasteiger partial charge in [0.15, 0.2) is 0 Å². The largest absolute Gasteiger partial charge is 0.490 e. The van der Waals surface area contributed by atoms with Crippen molar-refractivity contribution in [3.05, 3.63) is 57.9 Å². The van der Waals surface area contributed by atoms with Crippen molar-refractivity contribution < 1.29 is 19.2 Å². The number of benzene rings is 2. The predicted octanol–water partition coefficient (Wildman–Crippen LogP) is 2.90. The number of hydrogen-bond donors (Lipinski definition) is 1. The van der Waals surface area contributed by atoms with Crippen molar-refractivity contribution in [2.24, 2.45) is 0 Å². The van der Waals surface area contributed by atoms with Crippen molar-refractivity contribution in [3.8, 4) is 16.9 Å². The molecule has 0 heterocycles. The second kappa shape index (κ2) is 5.66. The Kier molecular flexibility index (Phi) is 3.95. The van der Waals surface area contributed by atoms with Gasteiger partial charge in [-0.3, -0.25) is 10.1 Å². The Bertz CT molecular complexity index is 640. The van der Waals surface area contributed by atoms with Crippen LogP contribution in [-0.4, -0.2) is 17.1 Å². The van der Waals surface area contributed by atoms with Gasteiger partial charge >= 0.3 is 5.69 Å².